The van der Waals surface area contributed by atoms with Gasteiger partial charge >= 0.3 is 5.97 Å². The Morgan fingerprint density at radius 2 is 2.27 bits per heavy atom. The average molecular weight is 207 g/mol. The van der Waals surface area contributed by atoms with Gasteiger partial charge in [0.1, 0.15) is 11.6 Å². The summed E-state index contributed by atoms with van der Waals surface area (Å²) >= 11 is 0. The highest BCUT2D eigenvalue weighted by molar-refractivity contribution is 5.93. The number of methoxy groups -OCH3 is 1. The van der Waals surface area contributed by atoms with Gasteiger partial charge < -0.3 is 4.74 Å². The number of esters is 1. The first-order valence-electron chi connectivity index (χ1n) is 3.91. The molecule has 0 spiro atoms. The number of hydrogen-bond acceptors (Lipinski definition) is 4. The summed E-state index contributed by atoms with van der Waals surface area (Å²) in [6, 6.07) is 3.82. The molecular formula is C10H6FNO3. The Hall–Kier alpha value is -2.22. The van der Waals surface area contributed by atoms with Crippen LogP contribution in [0.5, 0.6) is 0 Å². The van der Waals surface area contributed by atoms with Gasteiger partial charge in [0.2, 0.25) is 0 Å². The Bertz CT molecular complexity index is 462. The van der Waals surface area contributed by atoms with E-state index >= 15 is 0 Å². The van der Waals surface area contributed by atoms with Gasteiger partial charge in [-0.3, -0.25) is 4.79 Å². The molecule has 0 atom stereocenters. The molecule has 0 saturated heterocycles. The molecular weight excluding hydrogens is 201 g/mol. The van der Waals surface area contributed by atoms with E-state index in [-0.39, 0.29) is 17.4 Å². The zero-order chi connectivity index (χ0) is 11.4. The van der Waals surface area contributed by atoms with Crippen LogP contribution < -0.4 is 0 Å². The van der Waals surface area contributed by atoms with Crippen LogP contribution in [0.3, 0.4) is 0 Å². The van der Waals surface area contributed by atoms with Crippen LogP contribution in [0.2, 0.25) is 0 Å². The van der Waals surface area contributed by atoms with Crippen LogP contribution in [0.25, 0.3) is 0 Å². The predicted octanol–water partition coefficient (Wildman–Crippen LogP) is 1.30. The van der Waals surface area contributed by atoms with Gasteiger partial charge in [0, 0.05) is 0 Å². The van der Waals surface area contributed by atoms with Crippen molar-refractivity contribution in [1.29, 1.82) is 5.26 Å². The predicted molar refractivity (Wildman–Crippen MR) is 47.8 cm³/mol. The quantitative estimate of drug-likeness (QED) is 0.541. The molecule has 0 aliphatic carbocycles. The highest BCUT2D eigenvalue weighted by Crippen LogP contribution is 2.16. The summed E-state index contributed by atoms with van der Waals surface area (Å²) in [6.45, 7) is 0. The lowest BCUT2D eigenvalue weighted by molar-refractivity contribution is 0.0599. The minimum absolute atomic E-state index is 0.192. The van der Waals surface area contributed by atoms with Crippen molar-refractivity contribution < 1.29 is 18.7 Å². The molecule has 15 heavy (non-hydrogen) atoms. The third-order valence-corrected chi connectivity index (χ3v) is 1.82. The number of carbonyl (C=O) groups is 2. The zero-order valence-electron chi connectivity index (χ0n) is 7.78. The van der Waals surface area contributed by atoms with Gasteiger partial charge in [-0.25, -0.2) is 9.18 Å². The van der Waals surface area contributed by atoms with E-state index in [1.165, 1.54) is 12.1 Å². The lowest BCUT2D eigenvalue weighted by Gasteiger charge is -2.03. The van der Waals surface area contributed by atoms with Crippen LogP contribution in [0.15, 0.2) is 12.1 Å². The minimum Gasteiger partial charge on any atom is -0.465 e. The Kier molecular flexibility index (Phi) is 3.13. The summed E-state index contributed by atoms with van der Waals surface area (Å²) in [5.41, 5.74) is -0.936. The topological polar surface area (TPSA) is 67.2 Å². The van der Waals surface area contributed by atoms with E-state index in [2.05, 4.69) is 4.74 Å². The van der Waals surface area contributed by atoms with Crippen LogP contribution in [0, 0.1) is 17.1 Å². The molecule has 1 aromatic rings. The number of nitriles is 1. The van der Waals surface area contributed by atoms with E-state index in [9.17, 15) is 14.0 Å². The fourth-order valence-corrected chi connectivity index (χ4v) is 1.07. The van der Waals surface area contributed by atoms with Crippen molar-refractivity contribution in [2.75, 3.05) is 7.11 Å². The Balaban J connectivity index is 3.45. The average Bonchev–Trinajstić information content (AvgIpc) is 2.27. The van der Waals surface area contributed by atoms with Crippen molar-refractivity contribution in [3.8, 4) is 6.07 Å². The molecule has 0 aromatic heterocycles. The monoisotopic (exact) mass is 207 g/mol. The van der Waals surface area contributed by atoms with Crippen molar-refractivity contribution in [3.63, 3.8) is 0 Å². The molecule has 76 valence electrons. The Morgan fingerprint density at radius 3 is 2.73 bits per heavy atom. The van der Waals surface area contributed by atoms with E-state index in [0.29, 0.717) is 0 Å². The van der Waals surface area contributed by atoms with E-state index in [0.717, 1.165) is 13.2 Å². The summed E-state index contributed by atoms with van der Waals surface area (Å²) in [7, 11) is 1.12. The maximum absolute atomic E-state index is 13.4. The lowest BCUT2D eigenvalue weighted by atomic mass is 10.0. The molecule has 0 fully saturated rings. The number of rotatable bonds is 2. The molecule has 5 heteroatoms. The molecule has 0 N–H and O–H groups in total. The summed E-state index contributed by atoms with van der Waals surface area (Å²) in [4.78, 5) is 21.5. The molecule has 0 aliphatic heterocycles. The molecule has 4 nitrogen and oxygen atoms in total. The number of aldehydes is 1. The normalized spacial score (nSPS) is 9.13. The van der Waals surface area contributed by atoms with Crippen LogP contribution in [-0.2, 0) is 4.74 Å². The van der Waals surface area contributed by atoms with E-state index in [4.69, 9.17) is 5.26 Å². The largest absolute Gasteiger partial charge is 0.465 e. The van der Waals surface area contributed by atoms with E-state index in [1.54, 1.807) is 0 Å². The first kappa shape index (κ1) is 10.9. The van der Waals surface area contributed by atoms with E-state index < -0.39 is 17.3 Å². The number of ether oxygens (including phenoxy) is 1. The first-order chi connectivity index (χ1) is 7.15. The Morgan fingerprint density at radius 1 is 1.60 bits per heavy atom. The smallest absolute Gasteiger partial charge is 0.339 e. The summed E-state index contributed by atoms with van der Waals surface area (Å²) < 4.78 is 17.7. The summed E-state index contributed by atoms with van der Waals surface area (Å²) in [6.07, 6.45) is 0.275. The fourth-order valence-electron chi connectivity index (χ4n) is 1.07. The fraction of sp³-hybridized carbons (Fsp3) is 0.100. The molecule has 0 amide bonds. The second-order valence-corrected chi connectivity index (χ2v) is 2.61. The highest BCUT2D eigenvalue weighted by Gasteiger charge is 2.18. The second kappa shape index (κ2) is 4.33. The summed E-state index contributed by atoms with van der Waals surface area (Å²) in [5, 5.41) is 8.65. The molecule has 0 heterocycles. The SMILES string of the molecule is COC(=O)c1ccc(C=O)c(F)c1C#N. The van der Waals surface area contributed by atoms with Gasteiger partial charge in [0.25, 0.3) is 0 Å². The van der Waals surface area contributed by atoms with Crippen LogP contribution in [0.1, 0.15) is 26.3 Å². The highest BCUT2D eigenvalue weighted by atomic mass is 19.1. The number of halogens is 1. The van der Waals surface area contributed by atoms with Gasteiger partial charge in [-0.1, -0.05) is 0 Å². The van der Waals surface area contributed by atoms with E-state index in [1.807, 2.05) is 0 Å². The van der Waals surface area contributed by atoms with Crippen molar-refractivity contribution in [2.45, 2.75) is 0 Å². The second-order valence-electron chi connectivity index (χ2n) is 2.61. The minimum atomic E-state index is -1.00. The number of nitrogens with zero attached hydrogens (tertiary/aromatic N) is 1. The van der Waals surface area contributed by atoms with Gasteiger partial charge in [-0.05, 0) is 12.1 Å². The van der Waals surface area contributed by atoms with Crippen molar-refractivity contribution in [3.05, 3.63) is 34.6 Å². The Labute approximate surface area is 84.9 Å². The van der Waals surface area contributed by atoms with Crippen molar-refractivity contribution in [1.82, 2.24) is 0 Å². The lowest BCUT2D eigenvalue weighted by Crippen LogP contribution is -2.07. The molecule has 0 bridgehead atoms. The molecule has 0 radical (unpaired) electrons. The summed E-state index contributed by atoms with van der Waals surface area (Å²) in [5.74, 6) is -1.82. The third kappa shape index (κ3) is 1.83. The molecule has 0 unspecified atom stereocenters. The maximum Gasteiger partial charge on any atom is 0.339 e. The van der Waals surface area contributed by atoms with Gasteiger partial charge in [0.05, 0.1) is 18.2 Å². The maximum atomic E-state index is 13.4. The number of benzene rings is 1. The van der Waals surface area contributed by atoms with Crippen molar-refractivity contribution >= 4 is 12.3 Å². The standard InChI is InChI=1S/C10H6FNO3/c1-15-10(14)7-3-2-6(5-13)9(11)8(7)4-12/h2-3,5H,1H3. The van der Waals surface area contributed by atoms with Crippen LogP contribution in [-0.4, -0.2) is 19.4 Å². The third-order valence-electron chi connectivity index (χ3n) is 1.82. The van der Waals surface area contributed by atoms with Crippen molar-refractivity contribution in [2.24, 2.45) is 0 Å². The zero-order valence-corrected chi connectivity index (χ0v) is 7.78. The van der Waals surface area contributed by atoms with Gasteiger partial charge in [-0.15, -0.1) is 0 Å². The first-order valence-corrected chi connectivity index (χ1v) is 3.91. The number of hydrogen-bond donors (Lipinski definition) is 0. The molecule has 1 aromatic carbocycles. The van der Waals surface area contributed by atoms with Gasteiger partial charge in [-0.2, -0.15) is 5.26 Å². The molecule has 0 aliphatic rings. The number of carbonyl (C=O) groups excluding carboxylic acids is 2. The van der Waals surface area contributed by atoms with Crippen LogP contribution in [0.4, 0.5) is 4.39 Å². The molecule has 1 rings (SSSR count). The van der Waals surface area contributed by atoms with Gasteiger partial charge in [0.15, 0.2) is 12.1 Å². The molecule has 0 saturated carbocycles. The van der Waals surface area contributed by atoms with Crippen LogP contribution >= 0.6 is 0 Å².